The minimum atomic E-state index is 0.720. The van der Waals surface area contributed by atoms with E-state index >= 15 is 0 Å². The quantitative estimate of drug-likeness (QED) is 0.433. The second kappa shape index (κ2) is 2.98. The van der Waals surface area contributed by atoms with Crippen LogP contribution in [0.4, 0.5) is 5.82 Å². The summed E-state index contributed by atoms with van der Waals surface area (Å²) in [4.78, 5) is 3.95. The molecule has 0 saturated heterocycles. The molecule has 9 heavy (non-hydrogen) atoms. The molecule has 3 nitrogen and oxygen atoms in total. The summed E-state index contributed by atoms with van der Waals surface area (Å²) in [5, 5.41) is 0. The second-order valence-electron chi connectivity index (χ2n) is 1.48. The summed E-state index contributed by atoms with van der Waals surface area (Å²) < 4.78 is 1.03. The first kappa shape index (κ1) is 6.76. The van der Waals surface area contributed by atoms with E-state index in [1.165, 1.54) is 0 Å². The average molecular weight is 235 g/mol. The first-order valence-corrected chi connectivity index (χ1v) is 3.49. The molecule has 0 aliphatic carbocycles. The predicted octanol–water partition coefficient (Wildman–Crippen LogP) is 0.972. The minimum Gasteiger partial charge on any atom is -0.308 e. The summed E-state index contributed by atoms with van der Waals surface area (Å²) in [6.45, 7) is 0. The number of pyridine rings is 1. The van der Waals surface area contributed by atoms with E-state index in [1.54, 1.807) is 6.20 Å². The highest BCUT2D eigenvalue weighted by Gasteiger charge is 1.92. The van der Waals surface area contributed by atoms with Gasteiger partial charge in [-0.25, -0.2) is 10.8 Å². The normalized spacial score (nSPS) is 9.11. The lowest BCUT2D eigenvalue weighted by atomic mass is 10.5. The molecular formula is C5H6IN3. The molecule has 0 saturated carbocycles. The maximum atomic E-state index is 5.13. The van der Waals surface area contributed by atoms with Gasteiger partial charge in [-0.2, -0.15) is 0 Å². The monoisotopic (exact) mass is 235 g/mol. The first-order chi connectivity index (χ1) is 4.34. The molecule has 0 atom stereocenters. The van der Waals surface area contributed by atoms with Crippen molar-refractivity contribution in [2.75, 3.05) is 5.43 Å². The number of nitrogens with zero attached hydrogens (tertiary/aromatic N) is 1. The number of anilines is 1. The molecule has 1 heterocycles. The van der Waals surface area contributed by atoms with Crippen LogP contribution in [0.5, 0.6) is 0 Å². The number of hydrazine groups is 1. The molecule has 0 unspecified atom stereocenters. The van der Waals surface area contributed by atoms with Crippen LogP contribution in [0.2, 0.25) is 0 Å². The van der Waals surface area contributed by atoms with Crippen LogP contribution in [-0.2, 0) is 0 Å². The fourth-order valence-electron chi connectivity index (χ4n) is 0.492. The summed E-state index contributed by atoms with van der Waals surface area (Å²) in [5.41, 5.74) is 2.48. The molecule has 0 fully saturated rings. The van der Waals surface area contributed by atoms with E-state index < -0.39 is 0 Å². The number of rotatable bonds is 1. The van der Waals surface area contributed by atoms with Crippen LogP contribution < -0.4 is 11.3 Å². The van der Waals surface area contributed by atoms with Gasteiger partial charge < -0.3 is 5.43 Å². The zero-order valence-electron chi connectivity index (χ0n) is 4.63. The van der Waals surface area contributed by atoms with Crippen LogP contribution in [0, 0.1) is 3.57 Å². The van der Waals surface area contributed by atoms with Gasteiger partial charge in [-0.1, -0.05) is 0 Å². The van der Waals surface area contributed by atoms with Crippen molar-refractivity contribution in [1.82, 2.24) is 4.98 Å². The van der Waals surface area contributed by atoms with E-state index in [1.807, 2.05) is 12.1 Å². The lowest BCUT2D eigenvalue weighted by Gasteiger charge is -1.98. The van der Waals surface area contributed by atoms with Crippen molar-refractivity contribution in [2.45, 2.75) is 0 Å². The summed E-state index contributed by atoms with van der Waals surface area (Å²) >= 11 is 2.16. The van der Waals surface area contributed by atoms with E-state index in [0.717, 1.165) is 9.39 Å². The number of nitrogens with two attached hydrogens (primary N) is 1. The number of hydrogen-bond acceptors (Lipinski definition) is 3. The van der Waals surface area contributed by atoms with Crippen molar-refractivity contribution in [3.8, 4) is 0 Å². The number of halogens is 1. The molecule has 48 valence electrons. The van der Waals surface area contributed by atoms with Crippen LogP contribution in [0.25, 0.3) is 0 Å². The van der Waals surface area contributed by atoms with Gasteiger partial charge in [-0.15, -0.1) is 0 Å². The third-order valence-corrected chi connectivity index (χ3v) is 1.77. The number of nitrogen functional groups attached to an aromatic ring is 1. The molecule has 0 bridgehead atoms. The Kier molecular flexibility index (Phi) is 2.23. The Labute approximate surface area is 66.8 Å². The first-order valence-electron chi connectivity index (χ1n) is 2.41. The molecule has 1 rings (SSSR count). The van der Waals surface area contributed by atoms with E-state index in [2.05, 4.69) is 33.0 Å². The molecule has 0 aromatic carbocycles. The molecule has 3 N–H and O–H groups in total. The van der Waals surface area contributed by atoms with Crippen molar-refractivity contribution in [3.63, 3.8) is 0 Å². The molecule has 1 aromatic rings. The average Bonchev–Trinajstić information content (AvgIpc) is 1.89. The highest BCUT2D eigenvalue weighted by atomic mass is 127. The lowest BCUT2D eigenvalue weighted by molar-refractivity contribution is 1.21. The van der Waals surface area contributed by atoms with E-state index in [-0.39, 0.29) is 0 Å². The van der Waals surface area contributed by atoms with Gasteiger partial charge in [0.25, 0.3) is 0 Å². The Morgan fingerprint density at radius 3 is 2.89 bits per heavy atom. The van der Waals surface area contributed by atoms with E-state index in [4.69, 9.17) is 5.84 Å². The van der Waals surface area contributed by atoms with Gasteiger partial charge in [-0.05, 0) is 34.7 Å². The topological polar surface area (TPSA) is 50.9 Å². The molecular weight excluding hydrogens is 229 g/mol. The minimum absolute atomic E-state index is 0.720. The van der Waals surface area contributed by atoms with E-state index in [9.17, 15) is 0 Å². The van der Waals surface area contributed by atoms with Crippen molar-refractivity contribution < 1.29 is 0 Å². The summed E-state index contributed by atoms with van der Waals surface area (Å²) in [6.07, 6.45) is 1.69. The van der Waals surface area contributed by atoms with Gasteiger partial charge in [0, 0.05) is 6.20 Å². The van der Waals surface area contributed by atoms with Crippen molar-refractivity contribution in [1.29, 1.82) is 0 Å². The summed E-state index contributed by atoms with van der Waals surface area (Å²) in [5.74, 6) is 5.85. The predicted molar refractivity (Wildman–Crippen MR) is 44.8 cm³/mol. The van der Waals surface area contributed by atoms with Gasteiger partial charge in [0.1, 0.15) is 0 Å². The number of nitrogens with one attached hydrogen (secondary N) is 1. The maximum absolute atomic E-state index is 5.13. The Morgan fingerprint density at radius 2 is 2.44 bits per heavy atom. The van der Waals surface area contributed by atoms with E-state index in [0.29, 0.717) is 0 Å². The summed E-state index contributed by atoms with van der Waals surface area (Å²) in [7, 11) is 0. The van der Waals surface area contributed by atoms with Crippen LogP contribution in [0.1, 0.15) is 0 Å². The Bertz CT molecular complexity index is 201. The van der Waals surface area contributed by atoms with Crippen molar-refractivity contribution in [2.24, 2.45) is 5.84 Å². The smallest absolute Gasteiger partial charge is 0.153 e. The Balaban J connectivity index is 3.01. The Morgan fingerprint density at radius 1 is 1.67 bits per heavy atom. The molecule has 0 amide bonds. The second-order valence-corrected chi connectivity index (χ2v) is 2.64. The third-order valence-electron chi connectivity index (χ3n) is 0.895. The highest BCUT2D eigenvalue weighted by Crippen LogP contribution is 2.11. The largest absolute Gasteiger partial charge is 0.308 e. The maximum Gasteiger partial charge on any atom is 0.153 e. The molecule has 0 aliphatic heterocycles. The third kappa shape index (κ3) is 1.52. The van der Waals surface area contributed by atoms with Crippen LogP contribution in [-0.4, -0.2) is 4.98 Å². The SMILES string of the molecule is NNc1ncccc1I. The van der Waals surface area contributed by atoms with Crippen LogP contribution in [0.15, 0.2) is 18.3 Å². The molecule has 0 spiro atoms. The zero-order valence-corrected chi connectivity index (χ0v) is 6.79. The molecule has 4 heteroatoms. The van der Waals surface area contributed by atoms with Gasteiger partial charge in [-0.3, -0.25) is 0 Å². The lowest BCUT2D eigenvalue weighted by Crippen LogP contribution is -2.09. The van der Waals surface area contributed by atoms with Crippen LogP contribution >= 0.6 is 22.6 Å². The number of aromatic nitrogens is 1. The molecule has 1 aromatic heterocycles. The van der Waals surface area contributed by atoms with Crippen molar-refractivity contribution in [3.05, 3.63) is 21.9 Å². The Hall–Kier alpha value is -0.360. The zero-order chi connectivity index (χ0) is 6.69. The molecule has 0 radical (unpaired) electrons. The highest BCUT2D eigenvalue weighted by molar-refractivity contribution is 14.1. The van der Waals surface area contributed by atoms with Gasteiger partial charge in [0.2, 0.25) is 0 Å². The van der Waals surface area contributed by atoms with Crippen LogP contribution in [0.3, 0.4) is 0 Å². The van der Waals surface area contributed by atoms with Gasteiger partial charge >= 0.3 is 0 Å². The summed E-state index contributed by atoms with van der Waals surface area (Å²) in [6, 6.07) is 3.80. The fourth-order valence-corrected chi connectivity index (χ4v) is 0.994. The number of hydrogen-bond donors (Lipinski definition) is 2. The molecule has 0 aliphatic rings. The standard InChI is InChI=1S/C5H6IN3/c6-4-2-1-3-8-5(4)9-7/h1-3H,7H2,(H,8,9). The van der Waals surface area contributed by atoms with Crippen molar-refractivity contribution >= 4 is 28.4 Å². The van der Waals surface area contributed by atoms with Gasteiger partial charge in [0.15, 0.2) is 5.82 Å². The van der Waals surface area contributed by atoms with Gasteiger partial charge in [0.05, 0.1) is 3.57 Å². The fraction of sp³-hybridized carbons (Fsp3) is 0.